The summed E-state index contributed by atoms with van der Waals surface area (Å²) in [5.74, 6) is 0. The molecule has 0 aliphatic heterocycles. The molecule has 0 amide bonds. The Hall–Kier alpha value is -1.20. The first-order valence-corrected chi connectivity index (χ1v) is 6.87. The van der Waals surface area contributed by atoms with Gasteiger partial charge in [0.2, 0.25) is 0 Å². The fourth-order valence-corrected chi connectivity index (χ4v) is 2.78. The zero-order valence-electron chi connectivity index (χ0n) is 9.48. The van der Waals surface area contributed by atoms with E-state index < -0.39 is 0 Å². The van der Waals surface area contributed by atoms with Crippen LogP contribution in [-0.4, -0.2) is 11.1 Å². The Morgan fingerprint density at radius 1 is 1.06 bits per heavy atom. The Morgan fingerprint density at radius 2 is 1.88 bits per heavy atom. The monoisotopic (exact) mass is 229 g/mol. The number of hydrogen-bond acceptors (Lipinski definition) is 1. The molecule has 0 N–H and O–H groups in total. The van der Waals surface area contributed by atoms with E-state index in [1.54, 1.807) is 0 Å². The summed E-state index contributed by atoms with van der Waals surface area (Å²) in [6, 6.07) is 14.7. The number of aromatic nitrogens is 1. The van der Waals surface area contributed by atoms with Gasteiger partial charge in [0.1, 0.15) is 0 Å². The predicted octanol–water partition coefficient (Wildman–Crippen LogP) is 3.46. The highest BCUT2D eigenvalue weighted by Crippen LogP contribution is 2.21. The minimum atomic E-state index is 0.889. The molecule has 0 radical (unpaired) electrons. The predicted molar refractivity (Wildman–Crippen MR) is 72.8 cm³/mol. The fraction of sp³-hybridized carbons (Fsp3) is 0.214. The van der Waals surface area contributed by atoms with Gasteiger partial charge in [-0.15, -0.1) is 0 Å². The van der Waals surface area contributed by atoms with Gasteiger partial charge in [-0.05, 0) is 23.6 Å². The van der Waals surface area contributed by atoms with Crippen LogP contribution in [0, 0.1) is 0 Å². The molecule has 16 heavy (non-hydrogen) atoms. The smallest absolute Gasteiger partial charge is 0.0708 e. The second-order valence-corrected chi connectivity index (χ2v) is 5.08. The van der Waals surface area contributed by atoms with E-state index in [-0.39, 0.29) is 0 Å². The zero-order valence-corrected chi connectivity index (χ0v) is 10.5. The lowest BCUT2D eigenvalue weighted by Crippen LogP contribution is -2.01. The summed E-state index contributed by atoms with van der Waals surface area (Å²) in [6.45, 7) is 2.23. The molecule has 82 valence electrons. The molecule has 1 aromatic carbocycles. The molecule has 0 saturated heterocycles. The third-order valence-corrected chi connectivity index (χ3v) is 4.00. The van der Waals surface area contributed by atoms with Crippen LogP contribution in [-0.2, 0) is 0 Å². The van der Waals surface area contributed by atoms with Gasteiger partial charge in [-0.1, -0.05) is 52.3 Å². The fourth-order valence-electron chi connectivity index (χ4n) is 1.64. The summed E-state index contributed by atoms with van der Waals surface area (Å²) < 4.78 is 0. The van der Waals surface area contributed by atoms with Crippen molar-refractivity contribution in [3.8, 4) is 11.3 Å². The van der Waals surface area contributed by atoms with Crippen LogP contribution in [0.2, 0.25) is 0 Å². The lowest BCUT2D eigenvalue weighted by atomic mass is 10.1. The normalized spacial score (nSPS) is 11.1. The van der Waals surface area contributed by atoms with Gasteiger partial charge in [-0.2, -0.15) is 0 Å². The van der Waals surface area contributed by atoms with Gasteiger partial charge >= 0.3 is 0 Å². The second kappa shape index (κ2) is 5.77. The van der Waals surface area contributed by atoms with E-state index in [9.17, 15) is 0 Å². The van der Waals surface area contributed by atoms with Crippen LogP contribution in [0.1, 0.15) is 13.3 Å². The number of benzene rings is 1. The molecule has 1 heterocycles. The summed E-state index contributed by atoms with van der Waals surface area (Å²) in [5.41, 5.74) is 2.37. The Labute approximate surface area is 98.7 Å². The average Bonchev–Trinajstić information content (AvgIpc) is 2.38. The van der Waals surface area contributed by atoms with Gasteiger partial charge in [-0.3, -0.25) is 4.98 Å². The number of hydrogen-bond donors (Lipinski definition) is 0. The largest absolute Gasteiger partial charge is 0.256 e. The standard InChI is InChI=1S/C14H16NP/c1-2-11-16-14-9-4-3-7-12(14)13-8-5-6-10-15-13/h3-10,16H,2,11H2,1H3. The summed E-state index contributed by atoms with van der Waals surface area (Å²) >= 11 is 0. The van der Waals surface area contributed by atoms with Crippen molar-refractivity contribution in [2.75, 3.05) is 6.16 Å². The molecule has 0 aliphatic carbocycles. The van der Waals surface area contributed by atoms with Crippen LogP contribution in [0.25, 0.3) is 11.3 Å². The third-order valence-electron chi connectivity index (χ3n) is 2.43. The maximum atomic E-state index is 4.42. The summed E-state index contributed by atoms with van der Waals surface area (Å²) in [5, 5.41) is 1.43. The molecule has 2 aromatic rings. The van der Waals surface area contributed by atoms with E-state index in [2.05, 4.69) is 42.2 Å². The Kier molecular flexibility index (Phi) is 4.07. The quantitative estimate of drug-likeness (QED) is 0.731. The van der Waals surface area contributed by atoms with Gasteiger partial charge in [0, 0.05) is 11.8 Å². The van der Waals surface area contributed by atoms with Gasteiger partial charge in [-0.25, -0.2) is 0 Å². The van der Waals surface area contributed by atoms with Crippen LogP contribution in [0.4, 0.5) is 0 Å². The van der Waals surface area contributed by atoms with Crippen LogP contribution >= 0.6 is 8.58 Å². The van der Waals surface area contributed by atoms with E-state index in [1.165, 1.54) is 23.5 Å². The van der Waals surface area contributed by atoms with E-state index in [4.69, 9.17) is 0 Å². The van der Waals surface area contributed by atoms with Crippen molar-refractivity contribution in [2.24, 2.45) is 0 Å². The molecule has 0 saturated carbocycles. The van der Waals surface area contributed by atoms with Gasteiger partial charge in [0.15, 0.2) is 0 Å². The first-order valence-electron chi connectivity index (χ1n) is 5.66. The molecular weight excluding hydrogens is 213 g/mol. The first-order chi connectivity index (χ1) is 7.92. The second-order valence-electron chi connectivity index (χ2n) is 3.69. The Bertz CT molecular complexity index is 439. The molecule has 1 aromatic heterocycles. The highest BCUT2D eigenvalue weighted by Gasteiger charge is 2.04. The maximum Gasteiger partial charge on any atom is 0.0708 e. The highest BCUT2D eigenvalue weighted by atomic mass is 31.1. The first kappa shape index (κ1) is 11.3. The summed E-state index contributed by atoms with van der Waals surface area (Å²) in [6.07, 6.45) is 4.37. The zero-order chi connectivity index (χ0) is 11.2. The average molecular weight is 229 g/mol. The van der Waals surface area contributed by atoms with Crippen molar-refractivity contribution in [1.82, 2.24) is 4.98 Å². The molecule has 2 rings (SSSR count). The number of rotatable bonds is 4. The number of pyridine rings is 1. The molecular formula is C14H16NP. The topological polar surface area (TPSA) is 12.9 Å². The van der Waals surface area contributed by atoms with Crippen molar-refractivity contribution < 1.29 is 0 Å². The van der Waals surface area contributed by atoms with E-state index in [0.717, 1.165) is 14.3 Å². The van der Waals surface area contributed by atoms with Gasteiger partial charge in [0.05, 0.1) is 5.69 Å². The van der Waals surface area contributed by atoms with E-state index in [1.807, 2.05) is 18.3 Å². The van der Waals surface area contributed by atoms with Crippen molar-refractivity contribution in [1.29, 1.82) is 0 Å². The molecule has 1 unspecified atom stereocenters. The molecule has 1 nitrogen and oxygen atoms in total. The van der Waals surface area contributed by atoms with Crippen LogP contribution < -0.4 is 5.30 Å². The summed E-state index contributed by atoms with van der Waals surface area (Å²) in [4.78, 5) is 4.42. The minimum absolute atomic E-state index is 0.889. The Morgan fingerprint density at radius 3 is 2.62 bits per heavy atom. The van der Waals surface area contributed by atoms with Crippen molar-refractivity contribution in [3.63, 3.8) is 0 Å². The molecule has 2 heteroatoms. The maximum absolute atomic E-state index is 4.42. The van der Waals surface area contributed by atoms with E-state index >= 15 is 0 Å². The lowest BCUT2D eigenvalue weighted by Gasteiger charge is -2.08. The molecule has 1 atom stereocenters. The Balaban J connectivity index is 2.33. The van der Waals surface area contributed by atoms with Crippen LogP contribution in [0.3, 0.4) is 0 Å². The third kappa shape index (κ3) is 2.68. The molecule has 0 spiro atoms. The van der Waals surface area contributed by atoms with Crippen molar-refractivity contribution >= 4 is 13.9 Å². The number of nitrogens with zero attached hydrogens (tertiary/aromatic N) is 1. The van der Waals surface area contributed by atoms with Crippen molar-refractivity contribution in [2.45, 2.75) is 13.3 Å². The van der Waals surface area contributed by atoms with Gasteiger partial charge < -0.3 is 0 Å². The minimum Gasteiger partial charge on any atom is -0.256 e. The summed E-state index contributed by atoms with van der Waals surface area (Å²) in [7, 11) is 0.889. The molecule has 0 bridgehead atoms. The molecule has 0 fully saturated rings. The molecule has 0 aliphatic rings. The highest BCUT2D eigenvalue weighted by molar-refractivity contribution is 7.47. The van der Waals surface area contributed by atoms with Crippen LogP contribution in [0.5, 0.6) is 0 Å². The van der Waals surface area contributed by atoms with Gasteiger partial charge in [0.25, 0.3) is 0 Å². The van der Waals surface area contributed by atoms with Crippen molar-refractivity contribution in [3.05, 3.63) is 48.7 Å². The lowest BCUT2D eigenvalue weighted by molar-refractivity contribution is 1.10. The van der Waals surface area contributed by atoms with Crippen LogP contribution in [0.15, 0.2) is 48.7 Å². The van der Waals surface area contributed by atoms with E-state index in [0.29, 0.717) is 0 Å². The SMILES string of the molecule is CCCPc1ccccc1-c1ccccn1.